The van der Waals surface area contributed by atoms with Crippen molar-refractivity contribution in [2.75, 3.05) is 37.6 Å². The van der Waals surface area contributed by atoms with E-state index in [2.05, 4.69) is 10.3 Å². The Hall–Kier alpha value is -1.70. The molecule has 2 amide bonds. The normalized spacial score (nSPS) is 32.5. The predicted molar refractivity (Wildman–Crippen MR) is 112 cm³/mol. The first-order valence-electron chi connectivity index (χ1n) is 11.2. The third kappa shape index (κ3) is 4.20. The van der Waals surface area contributed by atoms with Crippen molar-refractivity contribution in [1.29, 1.82) is 0 Å². The molecule has 0 unspecified atom stereocenters. The van der Waals surface area contributed by atoms with Crippen molar-refractivity contribution in [3.63, 3.8) is 0 Å². The van der Waals surface area contributed by atoms with Crippen molar-refractivity contribution >= 4 is 23.4 Å². The molecule has 4 bridgehead atoms. The Morgan fingerprint density at radius 2 is 1.68 bits per heavy atom. The number of hydrogen-bond acceptors (Lipinski definition) is 3. The first-order valence-corrected chi connectivity index (χ1v) is 11.6. The van der Waals surface area contributed by atoms with Gasteiger partial charge in [0.05, 0.1) is 10.6 Å². The van der Waals surface area contributed by atoms with Crippen LogP contribution in [0.5, 0.6) is 0 Å². The van der Waals surface area contributed by atoms with E-state index in [-0.39, 0.29) is 11.1 Å². The van der Waals surface area contributed by atoms with Gasteiger partial charge in [0, 0.05) is 38.9 Å². The monoisotopic (exact) mass is 456 g/mol. The number of nitrogens with zero attached hydrogens (tertiary/aromatic N) is 3. The lowest BCUT2D eigenvalue weighted by Crippen LogP contribution is -2.55. The van der Waals surface area contributed by atoms with Crippen LogP contribution in [0.1, 0.15) is 44.1 Å². The minimum Gasteiger partial charge on any atom is -0.352 e. The van der Waals surface area contributed by atoms with E-state index in [0.29, 0.717) is 37.4 Å². The molecule has 1 aromatic heterocycles. The highest BCUT2D eigenvalue weighted by molar-refractivity contribution is 6.33. The van der Waals surface area contributed by atoms with Crippen LogP contribution in [0.2, 0.25) is 5.02 Å². The van der Waals surface area contributed by atoms with Crippen molar-refractivity contribution in [3.8, 4) is 0 Å². The lowest BCUT2D eigenvalue weighted by molar-refractivity contribution is -0.137. The molecule has 5 aliphatic rings. The number of rotatable bonds is 3. The summed E-state index contributed by atoms with van der Waals surface area (Å²) in [5.74, 6) is 2.90. The van der Waals surface area contributed by atoms with Crippen LogP contribution < -0.4 is 10.2 Å². The Labute approximate surface area is 185 Å². The molecule has 5 fully saturated rings. The lowest BCUT2D eigenvalue weighted by atomic mass is 9.49. The van der Waals surface area contributed by atoms with E-state index in [4.69, 9.17) is 11.6 Å². The number of urea groups is 1. The van der Waals surface area contributed by atoms with Gasteiger partial charge in [0.15, 0.2) is 0 Å². The second kappa shape index (κ2) is 7.71. The standard InChI is InChI=1S/C22H28ClF3N4O/c23-18-8-17(22(24,25)26)12-27-19(18)29-1-3-30(4-2-29)20(31)28-13-21-9-14-5-15(10-21)7-16(6-14)11-21/h8,12,14-16H,1-7,9-11,13H2,(H,28,31). The fraction of sp³-hybridized carbons (Fsp3) is 0.727. The average Bonchev–Trinajstić information content (AvgIpc) is 2.70. The van der Waals surface area contributed by atoms with Gasteiger partial charge in [0.2, 0.25) is 0 Å². The third-order valence-electron chi connectivity index (χ3n) is 7.80. The number of aromatic nitrogens is 1. The van der Waals surface area contributed by atoms with Crippen molar-refractivity contribution < 1.29 is 18.0 Å². The molecule has 0 atom stereocenters. The molecule has 0 radical (unpaired) electrons. The number of nitrogens with one attached hydrogen (secondary N) is 1. The fourth-order valence-corrected chi connectivity index (χ4v) is 7.11. The summed E-state index contributed by atoms with van der Waals surface area (Å²) < 4.78 is 38.5. The predicted octanol–water partition coefficient (Wildman–Crippen LogP) is 4.80. The molecule has 2 heterocycles. The van der Waals surface area contributed by atoms with Gasteiger partial charge in [-0.3, -0.25) is 0 Å². The SMILES string of the molecule is O=C(NCC12CC3CC(CC(C3)C1)C2)N1CCN(c2ncc(C(F)(F)F)cc2Cl)CC1. The molecule has 6 rings (SSSR count). The zero-order valence-corrected chi connectivity index (χ0v) is 18.2. The number of alkyl halides is 3. The van der Waals surface area contributed by atoms with Gasteiger partial charge in [-0.1, -0.05) is 11.6 Å². The van der Waals surface area contributed by atoms with Gasteiger partial charge in [0.25, 0.3) is 0 Å². The second-order valence-corrected chi connectivity index (χ2v) is 10.5. The molecule has 1 aliphatic heterocycles. The fourth-order valence-electron chi connectivity index (χ4n) is 6.82. The quantitative estimate of drug-likeness (QED) is 0.710. The summed E-state index contributed by atoms with van der Waals surface area (Å²) in [5.41, 5.74) is -0.562. The van der Waals surface area contributed by atoms with Crippen LogP contribution >= 0.6 is 11.6 Å². The summed E-state index contributed by atoms with van der Waals surface area (Å²) in [6.07, 6.45) is 4.26. The van der Waals surface area contributed by atoms with E-state index in [1.54, 1.807) is 4.90 Å². The third-order valence-corrected chi connectivity index (χ3v) is 8.07. The highest BCUT2D eigenvalue weighted by Crippen LogP contribution is 2.59. The van der Waals surface area contributed by atoms with Crippen LogP contribution in [-0.2, 0) is 6.18 Å². The number of carbonyl (C=O) groups is 1. The van der Waals surface area contributed by atoms with E-state index in [0.717, 1.165) is 36.6 Å². The zero-order chi connectivity index (χ0) is 21.8. The Morgan fingerprint density at radius 1 is 1.10 bits per heavy atom. The van der Waals surface area contributed by atoms with Crippen molar-refractivity contribution in [2.45, 2.75) is 44.7 Å². The molecule has 0 aromatic carbocycles. The van der Waals surface area contributed by atoms with E-state index in [9.17, 15) is 18.0 Å². The Balaban J connectivity index is 1.14. The van der Waals surface area contributed by atoms with Gasteiger partial charge < -0.3 is 15.1 Å². The van der Waals surface area contributed by atoms with Crippen molar-refractivity contribution in [2.24, 2.45) is 23.2 Å². The zero-order valence-electron chi connectivity index (χ0n) is 17.4. The summed E-state index contributed by atoms with van der Waals surface area (Å²) in [6.45, 7) is 2.73. The number of halogens is 4. The number of hydrogen-bond donors (Lipinski definition) is 1. The maximum Gasteiger partial charge on any atom is 0.417 e. The molecule has 1 saturated heterocycles. The van der Waals surface area contributed by atoms with Crippen molar-refractivity contribution in [3.05, 3.63) is 22.8 Å². The number of piperazine rings is 1. The molecule has 31 heavy (non-hydrogen) atoms. The molecule has 5 nitrogen and oxygen atoms in total. The average molecular weight is 457 g/mol. The largest absolute Gasteiger partial charge is 0.417 e. The highest BCUT2D eigenvalue weighted by Gasteiger charge is 2.50. The van der Waals surface area contributed by atoms with Crippen LogP contribution in [0.3, 0.4) is 0 Å². The summed E-state index contributed by atoms with van der Waals surface area (Å²) in [4.78, 5) is 20.3. The van der Waals surface area contributed by atoms with Crippen LogP contribution in [0, 0.1) is 23.2 Å². The maximum atomic E-state index is 12.8. The number of pyridine rings is 1. The van der Waals surface area contributed by atoms with Gasteiger partial charge in [-0.25, -0.2) is 9.78 Å². The topological polar surface area (TPSA) is 48.5 Å². The minimum atomic E-state index is -4.47. The molecule has 4 saturated carbocycles. The smallest absolute Gasteiger partial charge is 0.352 e. The first-order chi connectivity index (χ1) is 14.7. The number of carbonyl (C=O) groups excluding carboxylic acids is 1. The molecule has 9 heteroatoms. The van der Waals surface area contributed by atoms with Crippen LogP contribution in [0.4, 0.5) is 23.8 Å². The van der Waals surface area contributed by atoms with Crippen LogP contribution in [-0.4, -0.2) is 48.6 Å². The summed E-state index contributed by atoms with van der Waals surface area (Å²) in [6, 6.07) is 0.871. The molecule has 0 spiro atoms. The summed E-state index contributed by atoms with van der Waals surface area (Å²) in [7, 11) is 0. The molecular weight excluding hydrogens is 429 g/mol. The Bertz CT molecular complexity index is 818. The molecule has 1 N–H and O–H groups in total. The van der Waals surface area contributed by atoms with Crippen LogP contribution in [0.25, 0.3) is 0 Å². The van der Waals surface area contributed by atoms with Crippen molar-refractivity contribution in [1.82, 2.24) is 15.2 Å². The molecule has 4 aliphatic carbocycles. The second-order valence-electron chi connectivity index (χ2n) is 10.1. The summed E-state index contributed by atoms with van der Waals surface area (Å²) in [5, 5.41) is 3.18. The highest BCUT2D eigenvalue weighted by atomic mass is 35.5. The van der Waals surface area contributed by atoms with Gasteiger partial charge in [-0.15, -0.1) is 0 Å². The van der Waals surface area contributed by atoms with Gasteiger partial charge >= 0.3 is 12.2 Å². The minimum absolute atomic E-state index is 0.0189. The first kappa shape index (κ1) is 21.2. The summed E-state index contributed by atoms with van der Waals surface area (Å²) >= 11 is 6.07. The van der Waals surface area contributed by atoms with E-state index < -0.39 is 11.7 Å². The van der Waals surface area contributed by atoms with E-state index >= 15 is 0 Å². The van der Waals surface area contributed by atoms with E-state index in [1.807, 2.05) is 4.90 Å². The van der Waals surface area contributed by atoms with Gasteiger partial charge in [-0.05, 0) is 67.8 Å². The number of anilines is 1. The molecular formula is C22H28ClF3N4O. The van der Waals surface area contributed by atoms with E-state index in [1.165, 1.54) is 38.5 Å². The number of amides is 2. The Kier molecular flexibility index (Phi) is 5.26. The Morgan fingerprint density at radius 3 is 2.19 bits per heavy atom. The maximum absolute atomic E-state index is 12.8. The van der Waals surface area contributed by atoms with Gasteiger partial charge in [0.1, 0.15) is 5.82 Å². The van der Waals surface area contributed by atoms with Crippen LogP contribution in [0.15, 0.2) is 12.3 Å². The van der Waals surface area contributed by atoms with Gasteiger partial charge in [-0.2, -0.15) is 13.2 Å². The lowest BCUT2D eigenvalue weighted by Gasteiger charge is -2.57. The molecule has 170 valence electrons. The molecule has 1 aromatic rings.